The largest absolute Gasteiger partial charge is 0.496 e. The van der Waals surface area contributed by atoms with Gasteiger partial charge in [-0.3, -0.25) is 4.79 Å². The van der Waals surface area contributed by atoms with Gasteiger partial charge in [0.15, 0.2) is 17.3 Å². The van der Waals surface area contributed by atoms with E-state index < -0.39 is 0 Å². The highest BCUT2D eigenvalue weighted by atomic mass is 35.5. The highest BCUT2D eigenvalue weighted by Crippen LogP contribution is 2.36. The fraction of sp³-hybridized carbons (Fsp3) is 0.158. The summed E-state index contributed by atoms with van der Waals surface area (Å²) in [4.78, 5) is 12.4. The highest BCUT2D eigenvalue weighted by molar-refractivity contribution is 6.31. The first-order chi connectivity index (χ1) is 13.1. The molecule has 2 aromatic carbocycles. The summed E-state index contributed by atoms with van der Waals surface area (Å²) >= 11 is 5.96. The molecule has 0 spiro atoms. The lowest BCUT2D eigenvalue weighted by atomic mass is 10.1. The Morgan fingerprint density at radius 1 is 1.19 bits per heavy atom. The minimum Gasteiger partial charge on any atom is -0.496 e. The van der Waals surface area contributed by atoms with Crippen LogP contribution in [0.25, 0.3) is 11.3 Å². The summed E-state index contributed by atoms with van der Waals surface area (Å²) in [5.74, 6) is 2.05. The lowest BCUT2D eigenvalue weighted by Gasteiger charge is -2.08. The maximum atomic E-state index is 12.4. The third-order valence-electron chi connectivity index (χ3n) is 4.05. The van der Waals surface area contributed by atoms with Crippen LogP contribution in [0.5, 0.6) is 17.2 Å². The molecular weight excluding hydrogens is 372 g/mol. The number of ether oxygens (including phenoxy) is 3. The second-order valence-corrected chi connectivity index (χ2v) is 6.21. The number of hydrogen-bond acceptors (Lipinski definition) is 6. The molecule has 27 heavy (non-hydrogen) atoms. The van der Waals surface area contributed by atoms with Crippen LogP contribution in [0.1, 0.15) is 16.1 Å². The monoisotopic (exact) mass is 386 g/mol. The molecule has 0 fully saturated rings. The second-order valence-electron chi connectivity index (χ2n) is 5.78. The number of benzene rings is 2. The van der Waals surface area contributed by atoms with Crippen molar-refractivity contribution in [3.05, 3.63) is 58.7 Å². The highest BCUT2D eigenvalue weighted by Gasteiger charge is 2.17. The van der Waals surface area contributed by atoms with E-state index in [0.717, 1.165) is 5.56 Å². The number of halogens is 1. The fourth-order valence-corrected chi connectivity index (χ4v) is 2.88. The lowest BCUT2D eigenvalue weighted by Crippen LogP contribution is -2.23. The van der Waals surface area contributed by atoms with Gasteiger partial charge in [0, 0.05) is 16.7 Å². The number of methoxy groups -OCH3 is 1. The van der Waals surface area contributed by atoms with Crippen LogP contribution >= 0.6 is 11.6 Å². The molecule has 0 saturated carbocycles. The molecular formula is C19H15ClN2O5. The van der Waals surface area contributed by atoms with Gasteiger partial charge in [0.2, 0.25) is 6.79 Å². The first-order valence-electron chi connectivity index (χ1n) is 8.11. The molecule has 2 heterocycles. The summed E-state index contributed by atoms with van der Waals surface area (Å²) < 4.78 is 21.2. The Morgan fingerprint density at radius 2 is 2.04 bits per heavy atom. The zero-order valence-corrected chi connectivity index (χ0v) is 15.1. The molecule has 0 saturated heterocycles. The molecule has 0 bridgehead atoms. The number of nitrogens with zero attached hydrogens (tertiary/aromatic N) is 1. The van der Waals surface area contributed by atoms with Crippen molar-refractivity contribution in [3.63, 3.8) is 0 Å². The van der Waals surface area contributed by atoms with E-state index in [4.69, 9.17) is 30.3 Å². The van der Waals surface area contributed by atoms with Crippen LogP contribution in [-0.4, -0.2) is 25.0 Å². The van der Waals surface area contributed by atoms with Crippen LogP contribution in [0.2, 0.25) is 5.02 Å². The van der Waals surface area contributed by atoms with Crippen molar-refractivity contribution >= 4 is 17.5 Å². The van der Waals surface area contributed by atoms with Gasteiger partial charge in [0.05, 0.1) is 19.2 Å². The van der Waals surface area contributed by atoms with Crippen molar-refractivity contribution in [2.24, 2.45) is 0 Å². The number of hydrogen-bond donors (Lipinski definition) is 1. The van der Waals surface area contributed by atoms with Crippen molar-refractivity contribution < 1.29 is 23.5 Å². The maximum Gasteiger partial charge on any atom is 0.255 e. The van der Waals surface area contributed by atoms with Crippen LogP contribution in [0.15, 0.2) is 47.0 Å². The Kier molecular flexibility index (Phi) is 4.60. The van der Waals surface area contributed by atoms with Crippen molar-refractivity contribution in [2.75, 3.05) is 13.9 Å². The predicted octanol–water partition coefficient (Wildman–Crippen LogP) is 3.66. The predicted molar refractivity (Wildman–Crippen MR) is 97.2 cm³/mol. The van der Waals surface area contributed by atoms with Gasteiger partial charge < -0.3 is 24.1 Å². The van der Waals surface area contributed by atoms with Gasteiger partial charge in [-0.05, 0) is 36.4 Å². The van der Waals surface area contributed by atoms with E-state index in [9.17, 15) is 4.79 Å². The SMILES string of the molecule is COc1ccc(Cl)cc1C(=O)NCc1cc(-c2ccc3c(c2)OCO3)on1. The number of rotatable bonds is 5. The molecule has 0 unspecified atom stereocenters. The second kappa shape index (κ2) is 7.20. The molecule has 8 heteroatoms. The molecule has 138 valence electrons. The van der Waals surface area contributed by atoms with Crippen LogP contribution < -0.4 is 19.5 Å². The standard InChI is InChI=1S/C19H15ClN2O5/c1-24-15-5-3-12(20)7-14(15)19(23)21-9-13-8-17(27-22-13)11-2-4-16-18(6-11)26-10-25-16/h2-8H,9-10H2,1H3,(H,21,23). The molecule has 1 aliphatic rings. The average Bonchev–Trinajstić information content (AvgIpc) is 3.34. The third-order valence-corrected chi connectivity index (χ3v) is 4.29. The quantitative estimate of drug-likeness (QED) is 0.720. The molecule has 3 aromatic rings. The van der Waals surface area contributed by atoms with Gasteiger partial charge in [-0.25, -0.2) is 0 Å². The Hall–Kier alpha value is -3.19. The fourth-order valence-electron chi connectivity index (χ4n) is 2.70. The number of carbonyl (C=O) groups is 1. The molecule has 4 rings (SSSR count). The summed E-state index contributed by atoms with van der Waals surface area (Å²) in [6, 6.07) is 12.1. The van der Waals surface area contributed by atoms with Gasteiger partial charge in [0.1, 0.15) is 11.4 Å². The van der Waals surface area contributed by atoms with E-state index in [1.165, 1.54) is 7.11 Å². The van der Waals surface area contributed by atoms with E-state index in [1.54, 1.807) is 24.3 Å². The van der Waals surface area contributed by atoms with Crippen molar-refractivity contribution in [1.82, 2.24) is 10.5 Å². The number of carbonyl (C=O) groups excluding carboxylic acids is 1. The van der Waals surface area contributed by atoms with Crippen molar-refractivity contribution in [2.45, 2.75) is 6.54 Å². The molecule has 0 aliphatic carbocycles. The van der Waals surface area contributed by atoms with E-state index >= 15 is 0 Å². The normalized spacial score (nSPS) is 12.1. The Balaban J connectivity index is 1.46. The Labute approximate surface area is 159 Å². The first-order valence-corrected chi connectivity index (χ1v) is 8.49. The van der Waals surface area contributed by atoms with Crippen LogP contribution in [0.4, 0.5) is 0 Å². The molecule has 1 aliphatic heterocycles. The van der Waals surface area contributed by atoms with Crippen molar-refractivity contribution in [3.8, 4) is 28.6 Å². The topological polar surface area (TPSA) is 82.8 Å². The van der Waals surface area contributed by atoms with Gasteiger partial charge in [-0.15, -0.1) is 0 Å². The Morgan fingerprint density at radius 3 is 2.89 bits per heavy atom. The van der Waals surface area contributed by atoms with Gasteiger partial charge in [-0.1, -0.05) is 16.8 Å². The number of nitrogens with one attached hydrogen (secondary N) is 1. The van der Waals surface area contributed by atoms with Gasteiger partial charge >= 0.3 is 0 Å². The lowest BCUT2D eigenvalue weighted by molar-refractivity contribution is 0.0947. The summed E-state index contributed by atoms with van der Waals surface area (Å²) in [6.07, 6.45) is 0. The summed E-state index contributed by atoms with van der Waals surface area (Å²) in [5, 5.41) is 7.22. The van der Waals surface area contributed by atoms with Crippen molar-refractivity contribution in [1.29, 1.82) is 0 Å². The molecule has 1 amide bonds. The molecule has 1 N–H and O–H groups in total. The summed E-state index contributed by atoms with van der Waals surface area (Å²) in [5.41, 5.74) is 1.74. The van der Waals surface area contributed by atoms with E-state index in [-0.39, 0.29) is 19.2 Å². The van der Waals surface area contributed by atoms with E-state index in [1.807, 2.05) is 18.2 Å². The molecule has 1 aromatic heterocycles. The van der Waals surface area contributed by atoms with Crippen LogP contribution in [0.3, 0.4) is 0 Å². The summed E-state index contributed by atoms with van der Waals surface area (Å²) in [6.45, 7) is 0.405. The molecule has 0 radical (unpaired) electrons. The Bertz CT molecular complexity index is 1000. The average molecular weight is 387 g/mol. The van der Waals surface area contributed by atoms with Gasteiger partial charge in [-0.2, -0.15) is 0 Å². The molecule has 0 atom stereocenters. The number of amides is 1. The zero-order valence-electron chi connectivity index (χ0n) is 14.3. The third kappa shape index (κ3) is 3.54. The van der Waals surface area contributed by atoms with E-state index in [2.05, 4.69) is 10.5 Å². The molecule has 7 nitrogen and oxygen atoms in total. The minimum atomic E-state index is -0.318. The zero-order chi connectivity index (χ0) is 18.8. The van der Waals surface area contributed by atoms with Crippen LogP contribution in [0, 0.1) is 0 Å². The summed E-state index contributed by atoms with van der Waals surface area (Å²) in [7, 11) is 1.50. The number of aromatic nitrogens is 1. The first kappa shape index (κ1) is 17.2. The maximum absolute atomic E-state index is 12.4. The van der Waals surface area contributed by atoms with E-state index in [0.29, 0.717) is 39.3 Å². The van der Waals surface area contributed by atoms with Crippen LogP contribution in [-0.2, 0) is 6.54 Å². The van der Waals surface area contributed by atoms with Gasteiger partial charge in [0.25, 0.3) is 5.91 Å². The number of fused-ring (bicyclic) bond motifs is 1. The minimum absolute atomic E-state index is 0.197. The smallest absolute Gasteiger partial charge is 0.255 e.